The Morgan fingerprint density at radius 3 is 2.50 bits per heavy atom. The number of imidazole rings is 1. The molecule has 0 aliphatic rings. The average molecular weight is 380 g/mol. The molecule has 0 aliphatic heterocycles. The first-order valence-corrected chi connectivity index (χ1v) is 9.13. The summed E-state index contributed by atoms with van der Waals surface area (Å²) in [5, 5.41) is 10.3. The van der Waals surface area contributed by atoms with E-state index in [-0.39, 0.29) is 24.6 Å². The Labute approximate surface area is 163 Å². The van der Waals surface area contributed by atoms with Crippen LogP contribution in [0.5, 0.6) is 5.75 Å². The first-order valence-electron chi connectivity index (χ1n) is 9.13. The van der Waals surface area contributed by atoms with Crippen LogP contribution in [0.25, 0.3) is 5.69 Å². The van der Waals surface area contributed by atoms with Gasteiger partial charge in [0.2, 0.25) is 0 Å². The summed E-state index contributed by atoms with van der Waals surface area (Å²) in [4.78, 5) is 24.2. The minimum atomic E-state index is -0.825. The van der Waals surface area contributed by atoms with Gasteiger partial charge in [-0.15, -0.1) is 0 Å². The van der Waals surface area contributed by atoms with Gasteiger partial charge in [-0.05, 0) is 62.7 Å². The lowest BCUT2D eigenvalue weighted by atomic mass is 10.1. The minimum absolute atomic E-state index is 0.0232. The lowest BCUT2D eigenvalue weighted by Crippen LogP contribution is -2.31. The van der Waals surface area contributed by atoms with Gasteiger partial charge in [-0.3, -0.25) is 13.9 Å². The third-order valence-corrected chi connectivity index (χ3v) is 4.50. The monoisotopic (exact) mass is 380 g/mol. The van der Waals surface area contributed by atoms with Crippen molar-refractivity contribution < 1.29 is 14.6 Å². The van der Waals surface area contributed by atoms with Crippen LogP contribution in [-0.4, -0.2) is 32.7 Å². The molecule has 0 fully saturated rings. The Bertz CT molecular complexity index is 1030. The molecule has 1 atom stereocenters. The summed E-state index contributed by atoms with van der Waals surface area (Å²) in [6, 6.07) is 14.5. The predicted octanol–water partition coefficient (Wildman–Crippen LogP) is 2.90. The molecule has 1 aromatic heterocycles. The number of aliphatic hydroxyl groups excluding tert-OH is 1. The van der Waals surface area contributed by atoms with E-state index in [1.165, 1.54) is 11.5 Å². The van der Waals surface area contributed by atoms with Crippen molar-refractivity contribution in [1.29, 1.82) is 0 Å². The fraction of sp³-hybridized carbons (Fsp3) is 0.273. The number of hydrogen-bond acceptors (Lipinski definition) is 4. The second kappa shape index (κ2) is 8.27. The second-order valence-electron chi connectivity index (χ2n) is 6.93. The zero-order chi connectivity index (χ0) is 20.3. The van der Waals surface area contributed by atoms with Gasteiger partial charge < -0.3 is 9.84 Å². The minimum Gasteiger partial charge on any atom is -0.491 e. The van der Waals surface area contributed by atoms with Gasteiger partial charge in [0.1, 0.15) is 18.5 Å². The van der Waals surface area contributed by atoms with E-state index in [2.05, 4.69) is 0 Å². The van der Waals surface area contributed by atoms with Crippen molar-refractivity contribution >= 4 is 5.78 Å². The maximum Gasteiger partial charge on any atom is 0.333 e. The van der Waals surface area contributed by atoms with E-state index in [9.17, 15) is 14.7 Å². The molecule has 6 heteroatoms. The number of Topliss-reactive ketones (excluding diaryl/α,β-unsaturated/α-hetero) is 1. The molecule has 28 heavy (non-hydrogen) atoms. The van der Waals surface area contributed by atoms with Gasteiger partial charge in [0.05, 0.1) is 12.2 Å². The van der Waals surface area contributed by atoms with Crippen molar-refractivity contribution in [3.05, 3.63) is 82.0 Å². The molecule has 0 bridgehead atoms. The summed E-state index contributed by atoms with van der Waals surface area (Å²) in [6.07, 6.45) is 0.880. The second-order valence-corrected chi connectivity index (χ2v) is 6.93. The normalized spacial score (nSPS) is 12.0. The number of hydrogen-bond donors (Lipinski definition) is 1. The molecule has 2 aromatic carbocycles. The quantitative estimate of drug-likeness (QED) is 0.640. The van der Waals surface area contributed by atoms with Crippen molar-refractivity contribution in [2.75, 3.05) is 6.61 Å². The predicted molar refractivity (Wildman–Crippen MR) is 107 cm³/mol. The van der Waals surface area contributed by atoms with Crippen molar-refractivity contribution in [3.8, 4) is 11.4 Å². The summed E-state index contributed by atoms with van der Waals surface area (Å²) in [7, 11) is 0. The number of aryl methyl sites for hydroxylation is 2. The molecule has 0 aliphatic carbocycles. The standard InChI is InChI=1S/C22H24N2O4/c1-15-5-4-6-21(11-15)28-14-20(26)13-23-12-16(2)24(22(23)27)19-9-7-18(8-10-19)17(3)25/h4-12,20,26H,13-14H2,1-3H3/t20-/m1/s1. The molecule has 6 nitrogen and oxygen atoms in total. The Balaban J connectivity index is 1.72. The highest BCUT2D eigenvalue weighted by Crippen LogP contribution is 2.14. The third kappa shape index (κ3) is 4.40. The molecule has 0 radical (unpaired) electrons. The number of carbonyl (C=O) groups excluding carboxylic acids is 1. The molecule has 0 saturated heterocycles. The molecule has 1 N–H and O–H groups in total. The van der Waals surface area contributed by atoms with Crippen LogP contribution in [0.4, 0.5) is 0 Å². The number of carbonyl (C=O) groups is 1. The van der Waals surface area contributed by atoms with Crippen molar-refractivity contribution in [2.45, 2.75) is 33.4 Å². The molecule has 3 aromatic rings. The number of ketones is 1. The lowest BCUT2D eigenvalue weighted by molar-refractivity contribution is 0.0915. The van der Waals surface area contributed by atoms with Crippen molar-refractivity contribution in [2.24, 2.45) is 0 Å². The molecule has 0 spiro atoms. The summed E-state index contributed by atoms with van der Waals surface area (Å²) in [5.74, 6) is 0.663. The highest BCUT2D eigenvalue weighted by atomic mass is 16.5. The van der Waals surface area contributed by atoms with E-state index in [1.807, 2.05) is 38.1 Å². The van der Waals surface area contributed by atoms with Gasteiger partial charge >= 0.3 is 5.69 Å². The number of nitrogens with zero attached hydrogens (tertiary/aromatic N) is 2. The van der Waals surface area contributed by atoms with Crippen LogP contribution < -0.4 is 10.4 Å². The third-order valence-electron chi connectivity index (χ3n) is 4.50. The Morgan fingerprint density at radius 1 is 1.14 bits per heavy atom. The molecule has 3 rings (SSSR count). The number of benzene rings is 2. The molecule has 1 heterocycles. The van der Waals surface area contributed by atoms with E-state index in [1.54, 1.807) is 35.0 Å². The van der Waals surface area contributed by atoms with Gasteiger partial charge in [-0.25, -0.2) is 4.79 Å². The largest absolute Gasteiger partial charge is 0.491 e. The van der Waals surface area contributed by atoms with Crippen molar-refractivity contribution in [3.63, 3.8) is 0 Å². The summed E-state index contributed by atoms with van der Waals surface area (Å²) >= 11 is 0. The zero-order valence-corrected chi connectivity index (χ0v) is 16.3. The van der Waals surface area contributed by atoms with Gasteiger partial charge in [0.25, 0.3) is 0 Å². The topological polar surface area (TPSA) is 73.5 Å². The fourth-order valence-corrected chi connectivity index (χ4v) is 3.09. The van der Waals surface area contributed by atoms with E-state index < -0.39 is 6.10 Å². The SMILES string of the molecule is CC(=O)c1ccc(-n2c(C)cn(C[C@@H](O)COc3cccc(C)c3)c2=O)cc1. The number of aromatic nitrogens is 2. The molecular formula is C22H24N2O4. The molecule has 0 unspecified atom stereocenters. The molecular weight excluding hydrogens is 356 g/mol. The highest BCUT2D eigenvalue weighted by Gasteiger charge is 2.14. The smallest absolute Gasteiger partial charge is 0.333 e. The van der Waals surface area contributed by atoms with Gasteiger partial charge in [-0.2, -0.15) is 0 Å². The van der Waals surface area contributed by atoms with Crippen LogP contribution in [0.1, 0.15) is 28.5 Å². The van der Waals surface area contributed by atoms with Gasteiger partial charge in [0.15, 0.2) is 5.78 Å². The zero-order valence-electron chi connectivity index (χ0n) is 16.3. The van der Waals surface area contributed by atoms with E-state index >= 15 is 0 Å². The summed E-state index contributed by atoms with van der Waals surface area (Å²) in [6.45, 7) is 5.52. The molecule has 0 amide bonds. The number of rotatable bonds is 7. The van der Waals surface area contributed by atoms with Crippen LogP contribution in [0.2, 0.25) is 0 Å². The van der Waals surface area contributed by atoms with Crippen LogP contribution in [-0.2, 0) is 6.54 Å². The Morgan fingerprint density at radius 2 is 1.86 bits per heavy atom. The van der Waals surface area contributed by atoms with Crippen LogP contribution in [0.15, 0.2) is 59.5 Å². The Kier molecular flexibility index (Phi) is 5.80. The van der Waals surface area contributed by atoms with E-state index in [0.717, 1.165) is 11.3 Å². The van der Waals surface area contributed by atoms with Crippen LogP contribution >= 0.6 is 0 Å². The Hall–Kier alpha value is -3.12. The average Bonchev–Trinajstić information content (AvgIpc) is 2.93. The number of ether oxygens (including phenoxy) is 1. The first-order chi connectivity index (χ1) is 13.3. The first kappa shape index (κ1) is 19.6. The number of aliphatic hydroxyl groups is 1. The maximum absolute atomic E-state index is 12.8. The van der Waals surface area contributed by atoms with E-state index in [4.69, 9.17) is 4.74 Å². The van der Waals surface area contributed by atoms with Crippen LogP contribution in [0, 0.1) is 13.8 Å². The maximum atomic E-state index is 12.8. The lowest BCUT2D eigenvalue weighted by Gasteiger charge is -2.13. The van der Waals surface area contributed by atoms with Crippen LogP contribution in [0.3, 0.4) is 0 Å². The highest BCUT2D eigenvalue weighted by molar-refractivity contribution is 5.94. The molecule has 0 saturated carbocycles. The summed E-state index contributed by atoms with van der Waals surface area (Å²) < 4.78 is 8.64. The fourth-order valence-electron chi connectivity index (χ4n) is 3.09. The van der Waals surface area contributed by atoms with Gasteiger partial charge in [0, 0.05) is 17.5 Å². The van der Waals surface area contributed by atoms with E-state index in [0.29, 0.717) is 17.0 Å². The van der Waals surface area contributed by atoms with Crippen molar-refractivity contribution in [1.82, 2.24) is 9.13 Å². The summed E-state index contributed by atoms with van der Waals surface area (Å²) in [5.41, 5.74) is 2.84. The van der Waals surface area contributed by atoms with Gasteiger partial charge in [-0.1, -0.05) is 12.1 Å². The molecule has 146 valence electrons.